The van der Waals surface area contributed by atoms with Gasteiger partial charge in [-0.2, -0.15) is 0 Å². The highest BCUT2D eigenvalue weighted by Gasteiger charge is 2.30. The van der Waals surface area contributed by atoms with E-state index in [2.05, 4.69) is 50.6 Å². The molecule has 0 bridgehead atoms. The first-order valence-electron chi connectivity index (χ1n) is 13.6. The molecule has 1 aromatic rings. The Morgan fingerprint density at radius 3 is 2.49 bits per heavy atom. The lowest BCUT2D eigenvalue weighted by molar-refractivity contribution is -0.127. The largest absolute Gasteiger partial charge is 0.385 e. The second-order valence-corrected chi connectivity index (χ2v) is 10.8. The highest BCUT2D eigenvalue weighted by atomic mass is 16.5. The van der Waals surface area contributed by atoms with Gasteiger partial charge >= 0.3 is 0 Å². The Labute approximate surface area is 214 Å². The number of hydrogen-bond acceptors (Lipinski definition) is 5. The molecule has 3 N–H and O–H groups in total. The predicted octanol–water partition coefficient (Wildman–Crippen LogP) is 5.95. The fourth-order valence-corrected chi connectivity index (χ4v) is 4.56. The number of amides is 1. The quantitative estimate of drug-likeness (QED) is 0.165. The third-order valence-electron chi connectivity index (χ3n) is 6.50. The number of hydrogen-bond donors (Lipinski definition) is 3. The van der Waals surface area contributed by atoms with Gasteiger partial charge in [0.1, 0.15) is 12.9 Å². The van der Waals surface area contributed by atoms with Crippen molar-refractivity contribution in [2.24, 2.45) is 11.3 Å². The summed E-state index contributed by atoms with van der Waals surface area (Å²) in [5.74, 6) is 0.440. The Kier molecular flexibility index (Phi) is 15.6. The molecule has 0 heterocycles. The molecule has 0 fully saturated rings. The monoisotopic (exact) mass is 489 g/mol. The fraction of sp³-hybridized carbons (Fsp3) is 0.724. The van der Waals surface area contributed by atoms with E-state index in [9.17, 15) is 9.59 Å². The molecule has 1 amide bonds. The summed E-state index contributed by atoms with van der Waals surface area (Å²) in [7, 11) is 1.87. The second-order valence-electron chi connectivity index (χ2n) is 10.8. The molecule has 200 valence electrons. The van der Waals surface area contributed by atoms with Crippen LogP contribution in [0.3, 0.4) is 0 Å². The molecule has 0 aliphatic heterocycles. The normalized spacial score (nSPS) is 13.3. The van der Waals surface area contributed by atoms with Crippen LogP contribution in [0.1, 0.15) is 102 Å². The predicted molar refractivity (Wildman–Crippen MR) is 147 cm³/mol. The molecule has 0 aliphatic rings. The average Bonchev–Trinajstić information content (AvgIpc) is 2.81. The molecule has 6 heteroatoms. The first-order valence-corrected chi connectivity index (χ1v) is 13.6. The van der Waals surface area contributed by atoms with Gasteiger partial charge in [-0.1, -0.05) is 60.3 Å². The summed E-state index contributed by atoms with van der Waals surface area (Å²) in [5.41, 5.74) is 2.77. The topological polar surface area (TPSA) is 79.5 Å². The number of benzene rings is 1. The van der Waals surface area contributed by atoms with E-state index in [4.69, 9.17) is 4.74 Å². The molecule has 0 aliphatic carbocycles. The van der Waals surface area contributed by atoms with Crippen molar-refractivity contribution in [1.29, 1.82) is 0 Å². The van der Waals surface area contributed by atoms with Gasteiger partial charge in [-0.15, -0.1) is 0 Å². The first kappa shape index (κ1) is 31.1. The van der Waals surface area contributed by atoms with Crippen LogP contribution in [-0.2, 0) is 16.1 Å². The van der Waals surface area contributed by atoms with Gasteiger partial charge in [-0.05, 0) is 67.8 Å². The number of nitrogens with one attached hydrogen (secondary N) is 3. The molecule has 2 unspecified atom stereocenters. The van der Waals surface area contributed by atoms with Crippen LogP contribution in [0.4, 0.5) is 5.69 Å². The third kappa shape index (κ3) is 13.1. The van der Waals surface area contributed by atoms with Crippen LogP contribution in [0.15, 0.2) is 18.2 Å². The van der Waals surface area contributed by atoms with E-state index in [1.807, 2.05) is 25.2 Å². The number of unbranched alkanes of at least 4 members (excludes halogenated alkanes) is 5. The van der Waals surface area contributed by atoms with E-state index in [1.54, 1.807) is 0 Å². The lowest BCUT2D eigenvalue weighted by atomic mass is 9.77. The molecule has 2 atom stereocenters. The van der Waals surface area contributed by atoms with E-state index < -0.39 is 0 Å². The number of anilines is 1. The zero-order valence-corrected chi connectivity index (χ0v) is 23.2. The Balaban J connectivity index is 2.25. The lowest BCUT2D eigenvalue weighted by Gasteiger charge is -2.36. The molecular weight excluding hydrogens is 438 g/mol. The van der Waals surface area contributed by atoms with Gasteiger partial charge in [0.15, 0.2) is 0 Å². The zero-order chi connectivity index (χ0) is 26.1. The van der Waals surface area contributed by atoms with Gasteiger partial charge in [-0.3, -0.25) is 9.59 Å². The van der Waals surface area contributed by atoms with E-state index in [0.29, 0.717) is 19.1 Å². The Hall–Kier alpha value is -1.92. The molecule has 1 rings (SSSR count). The van der Waals surface area contributed by atoms with Crippen LogP contribution in [0.5, 0.6) is 0 Å². The minimum atomic E-state index is -0.0110. The Morgan fingerprint density at radius 2 is 1.83 bits per heavy atom. The van der Waals surface area contributed by atoms with Gasteiger partial charge in [0, 0.05) is 37.0 Å². The van der Waals surface area contributed by atoms with Crippen molar-refractivity contribution in [2.45, 2.75) is 98.6 Å². The third-order valence-corrected chi connectivity index (χ3v) is 6.50. The maximum atomic E-state index is 12.5. The summed E-state index contributed by atoms with van der Waals surface area (Å²) < 4.78 is 5.66. The van der Waals surface area contributed by atoms with Gasteiger partial charge in [0.25, 0.3) is 0 Å². The minimum absolute atomic E-state index is 0.0110. The van der Waals surface area contributed by atoms with E-state index in [-0.39, 0.29) is 24.0 Å². The molecule has 0 radical (unpaired) electrons. The van der Waals surface area contributed by atoms with Crippen LogP contribution in [0.2, 0.25) is 0 Å². The maximum Gasteiger partial charge on any atom is 0.246 e. The summed E-state index contributed by atoms with van der Waals surface area (Å²) in [6, 6.07) is 5.99. The maximum absolute atomic E-state index is 12.5. The van der Waals surface area contributed by atoms with Crippen LogP contribution in [-0.4, -0.2) is 45.0 Å². The summed E-state index contributed by atoms with van der Waals surface area (Å²) >= 11 is 0. The molecule has 0 saturated carbocycles. The Bertz CT molecular complexity index is 730. The summed E-state index contributed by atoms with van der Waals surface area (Å²) in [4.78, 5) is 23.7. The summed E-state index contributed by atoms with van der Waals surface area (Å²) in [6.07, 6.45) is 10.1. The number of carbonyl (C=O) groups is 2. The van der Waals surface area contributed by atoms with E-state index >= 15 is 0 Å². The van der Waals surface area contributed by atoms with Crippen LogP contribution >= 0.6 is 0 Å². The average molecular weight is 490 g/mol. The molecular formula is C29H51N3O3. The second kappa shape index (κ2) is 17.5. The molecule has 6 nitrogen and oxygen atoms in total. The van der Waals surface area contributed by atoms with Crippen molar-refractivity contribution in [3.8, 4) is 0 Å². The first-order chi connectivity index (χ1) is 16.7. The van der Waals surface area contributed by atoms with Crippen molar-refractivity contribution in [3.05, 3.63) is 29.3 Å². The standard InChI is InChI=1S/C29H51N3O3/c1-7-8-9-11-14-23(2)28(29(3,4)5)32-27(34)22-35-18-13-10-12-17-31-26-16-15-24(21-33)25(19-26)20-30-6/h15-16,19,21,23,28,30-31H,7-14,17-18,20,22H2,1-6H3,(H,32,34). The van der Waals surface area contributed by atoms with Crippen molar-refractivity contribution in [1.82, 2.24) is 10.6 Å². The summed E-state index contributed by atoms with van der Waals surface area (Å²) in [6.45, 7) is 13.4. The highest BCUT2D eigenvalue weighted by molar-refractivity contribution is 5.78. The van der Waals surface area contributed by atoms with Crippen molar-refractivity contribution < 1.29 is 14.3 Å². The van der Waals surface area contributed by atoms with Crippen LogP contribution in [0, 0.1) is 11.3 Å². The number of ether oxygens (including phenoxy) is 1. The van der Waals surface area contributed by atoms with E-state index in [1.165, 1.54) is 25.7 Å². The van der Waals surface area contributed by atoms with E-state index in [0.717, 1.165) is 55.3 Å². The summed E-state index contributed by atoms with van der Waals surface area (Å²) in [5, 5.41) is 9.77. The molecule has 1 aromatic carbocycles. The molecule has 0 saturated heterocycles. The van der Waals surface area contributed by atoms with Gasteiger partial charge < -0.3 is 20.7 Å². The van der Waals surface area contributed by atoms with Gasteiger partial charge in [0.2, 0.25) is 5.91 Å². The van der Waals surface area contributed by atoms with Gasteiger partial charge in [-0.25, -0.2) is 0 Å². The van der Waals surface area contributed by atoms with Gasteiger partial charge in [0.05, 0.1) is 0 Å². The molecule has 35 heavy (non-hydrogen) atoms. The molecule has 0 aromatic heterocycles. The van der Waals surface area contributed by atoms with Crippen molar-refractivity contribution in [2.75, 3.05) is 32.1 Å². The number of rotatable bonds is 19. The number of carbonyl (C=O) groups excluding carboxylic acids is 2. The highest BCUT2D eigenvalue weighted by Crippen LogP contribution is 2.28. The molecule has 0 spiro atoms. The SMILES string of the molecule is CCCCCCC(C)C(NC(=O)COCCCCCNc1ccc(C=O)c(CNC)c1)C(C)(C)C. The smallest absolute Gasteiger partial charge is 0.246 e. The van der Waals surface area contributed by atoms with Crippen LogP contribution < -0.4 is 16.0 Å². The van der Waals surface area contributed by atoms with Crippen molar-refractivity contribution >= 4 is 17.9 Å². The zero-order valence-electron chi connectivity index (χ0n) is 23.2. The Morgan fingerprint density at radius 1 is 1.09 bits per heavy atom. The van der Waals surface area contributed by atoms with Crippen molar-refractivity contribution in [3.63, 3.8) is 0 Å². The fourth-order valence-electron chi connectivity index (χ4n) is 4.56. The number of aldehydes is 1. The minimum Gasteiger partial charge on any atom is -0.385 e. The van der Waals surface area contributed by atoms with Crippen LogP contribution in [0.25, 0.3) is 0 Å². The lowest BCUT2D eigenvalue weighted by Crippen LogP contribution is -2.49.